The number of hydrogen-bond acceptors (Lipinski definition) is 3. The Morgan fingerprint density at radius 3 is 2.72 bits per heavy atom. The van der Waals surface area contributed by atoms with Gasteiger partial charge in [-0.1, -0.05) is 18.2 Å². The van der Waals surface area contributed by atoms with E-state index in [0.717, 1.165) is 56.7 Å². The molecule has 2 aromatic rings. The minimum atomic E-state index is 0.0856. The molecule has 1 saturated heterocycles. The number of carbonyl (C=O) groups is 1. The van der Waals surface area contributed by atoms with Gasteiger partial charge in [0.05, 0.1) is 13.7 Å². The zero-order valence-electron chi connectivity index (χ0n) is 19.4. The third-order valence-corrected chi connectivity index (χ3v) is 6.98. The number of piperidine rings is 1. The number of methoxy groups -OCH3 is 1. The number of amides is 2. The first-order valence-electron chi connectivity index (χ1n) is 12.1. The number of urea groups is 1. The van der Waals surface area contributed by atoms with Crippen LogP contribution in [0.4, 0.5) is 4.79 Å². The zero-order chi connectivity index (χ0) is 22.3. The number of fused-ring (bicyclic) bond motifs is 1. The highest BCUT2D eigenvalue weighted by Gasteiger charge is 2.33. The summed E-state index contributed by atoms with van der Waals surface area (Å²) in [7, 11) is 1.70. The highest BCUT2D eigenvalue weighted by molar-refractivity contribution is 5.74. The van der Waals surface area contributed by atoms with E-state index in [-0.39, 0.29) is 6.03 Å². The average molecular weight is 437 g/mol. The molecule has 32 heavy (non-hydrogen) atoms. The van der Waals surface area contributed by atoms with Crippen LogP contribution in [0.15, 0.2) is 42.5 Å². The van der Waals surface area contributed by atoms with Crippen LogP contribution in [0.1, 0.15) is 55.2 Å². The molecule has 1 heterocycles. The lowest BCUT2D eigenvalue weighted by Crippen LogP contribution is -2.45. The van der Waals surface area contributed by atoms with Crippen molar-refractivity contribution in [3.05, 3.63) is 59.2 Å². The summed E-state index contributed by atoms with van der Waals surface area (Å²) in [6, 6.07) is 15.0. The quantitative estimate of drug-likeness (QED) is 0.580. The Kier molecular flexibility index (Phi) is 7.56. The maximum absolute atomic E-state index is 12.1. The van der Waals surface area contributed by atoms with Crippen molar-refractivity contribution in [2.24, 2.45) is 5.92 Å². The van der Waals surface area contributed by atoms with Gasteiger partial charge in [0.25, 0.3) is 0 Å². The summed E-state index contributed by atoms with van der Waals surface area (Å²) in [4.78, 5) is 14.1. The monoisotopic (exact) mass is 436 g/mol. The second kappa shape index (κ2) is 10.8. The lowest BCUT2D eigenvalue weighted by molar-refractivity contribution is 0.163. The summed E-state index contributed by atoms with van der Waals surface area (Å²) >= 11 is 0. The molecule has 172 valence electrons. The van der Waals surface area contributed by atoms with Crippen LogP contribution in [0.3, 0.4) is 0 Å². The molecule has 0 saturated carbocycles. The summed E-state index contributed by atoms with van der Waals surface area (Å²) in [5.41, 5.74) is 4.23. The van der Waals surface area contributed by atoms with Gasteiger partial charge in [-0.05, 0) is 98.2 Å². The van der Waals surface area contributed by atoms with Gasteiger partial charge in [-0.3, -0.25) is 0 Å². The van der Waals surface area contributed by atoms with Gasteiger partial charge < -0.3 is 19.7 Å². The summed E-state index contributed by atoms with van der Waals surface area (Å²) in [6.07, 6.45) is 6.52. The Morgan fingerprint density at radius 1 is 1.09 bits per heavy atom. The Morgan fingerprint density at radius 2 is 1.94 bits per heavy atom. The minimum Gasteiger partial charge on any atom is -0.497 e. The molecule has 5 heteroatoms. The molecule has 1 N–H and O–H groups in total. The van der Waals surface area contributed by atoms with Gasteiger partial charge in [0, 0.05) is 19.6 Å². The summed E-state index contributed by atoms with van der Waals surface area (Å²) in [5, 5.41) is 2.93. The van der Waals surface area contributed by atoms with Gasteiger partial charge in [-0.15, -0.1) is 0 Å². The molecule has 2 aromatic carbocycles. The van der Waals surface area contributed by atoms with Gasteiger partial charge in [0.15, 0.2) is 0 Å². The summed E-state index contributed by atoms with van der Waals surface area (Å²) in [5.74, 6) is 3.15. The van der Waals surface area contributed by atoms with Gasteiger partial charge in [0.2, 0.25) is 0 Å². The van der Waals surface area contributed by atoms with Crippen LogP contribution in [-0.4, -0.2) is 44.3 Å². The SMILES string of the molecule is CCNC(=O)N1CCC(C2CCc3ccc(OCCCc4cccc(OC)c4)cc32)CC1. The highest BCUT2D eigenvalue weighted by Crippen LogP contribution is 2.43. The lowest BCUT2D eigenvalue weighted by atomic mass is 9.81. The first-order chi connectivity index (χ1) is 15.7. The average Bonchev–Trinajstić information content (AvgIpc) is 3.25. The van der Waals surface area contributed by atoms with Crippen molar-refractivity contribution in [1.29, 1.82) is 0 Å². The predicted octanol–water partition coefficient (Wildman–Crippen LogP) is 5.18. The van der Waals surface area contributed by atoms with Crippen molar-refractivity contribution >= 4 is 6.03 Å². The Hall–Kier alpha value is -2.69. The molecule has 1 fully saturated rings. The van der Waals surface area contributed by atoms with Crippen LogP contribution in [0, 0.1) is 5.92 Å². The number of nitrogens with zero attached hydrogens (tertiary/aromatic N) is 1. The minimum absolute atomic E-state index is 0.0856. The van der Waals surface area contributed by atoms with Crippen LogP contribution in [0.25, 0.3) is 0 Å². The number of carbonyl (C=O) groups excluding carboxylic acids is 1. The fourth-order valence-corrected chi connectivity index (χ4v) is 5.25. The number of aryl methyl sites for hydroxylation is 2. The number of hydrogen-bond donors (Lipinski definition) is 1. The van der Waals surface area contributed by atoms with E-state index in [1.54, 1.807) is 7.11 Å². The van der Waals surface area contributed by atoms with Crippen molar-refractivity contribution in [3.8, 4) is 11.5 Å². The normalized spacial score (nSPS) is 18.3. The largest absolute Gasteiger partial charge is 0.497 e. The van der Waals surface area contributed by atoms with Crippen LogP contribution >= 0.6 is 0 Å². The lowest BCUT2D eigenvalue weighted by Gasteiger charge is -2.35. The molecule has 2 aliphatic rings. The molecule has 0 bridgehead atoms. The molecule has 1 aliphatic carbocycles. The van der Waals surface area contributed by atoms with Crippen LogP contribution in [0.5, 0.6) is 11.5 Å². The van der Waals surface area contributed by atoms with Gasteiger partial charge in [-0.2, -0.15) is 0 Å². The van der Waals surface area contributed by atoms with Gasteiger partial charge >= 0.3 is 6.03 Å². The number of rotatable bonds is 8. The van der Waals surface area contributed by atoms with E-state index in [0.29, 0.717) is 25.0 Å². The van der Waals surface area contributed by atoms with Crippen molar-refractivity contribution < 1.29 is 14.3 Å². The smallest absolute Gasteiger partial charge is 0.317 e. The molecule has 1 atom stereocenters. The standard InChI is InChI=1S/C27H36N2O3/c1-3-28-27(30)29-15-13-22(14-16-29)25-12-10-21-9-11-24(19-26(21)25)32-17-5-7-20-6-4-8-23(18-20)31-2/h4,6,8-9,11,18-19,22,25H,3,5,7,10,12-17H2,1-2H3,(H,28,30). The molecule has 0 spiro atoms. The van der Waals surface area contributed by atoms with E-state index in [1.165, 1.54) is 23.1 Å². The van der Waals surface area contributed by atoms with Crippen molar-refractivity contribution in [2.45, 2.75) is 51.4 Å². The van der Waals surface area contributed by atoms with Crippen LogP contribution < -0.4 is 14.8 Å². The third kappa shape index (κ3) is 5.37. The first kappa shape index (κ1) is 22.5. The number of likely N-dealkylation sites (tertiary alicyclic amines) is 1. The Labute approximate surface area is 192 Å². The second-order valence-electron chi connectivity index (χ2n) is 8.97. The molecular formula is C27H36N2O3. The molecule has 5 nitrogen and oxygen atoms in total. The van der Waals surface area contributed by atoms with E-state index in [9.17, 15) is 4.79 Å². The van der Waals surface area contributed by atoms with E-state index in [1.807, 2.05) is 24.0 Å². The van der Waals surface area contributed by atoms with E-state index >= 15 is 0 Å². The maximum atomic E-state index is 12.1. The van der Waals surface area contributed by atoms with Crippen LogP contribution in [0.2, 0.25) is 0 Å². The predicted molar refractivity (Wildman–Crippen MR) is 128 cm³/mol. The summed E-state index contributed by atoms with van der Waals surface area (Å²) < 4.78 is 11.4. The van der Waals surface area contributed by atoms with E-state index in [4.69, 9.17) is 9.47 Å². The van der Waals surface area contributed by atoms with Crippen molar-refractivity contribution in [1.82, 2.24) is 10.2 Å². The first-order valence-corrected chi connectivity index (χ1v) is 12.1. The molecule has 2 amide bonds. The zero-order valence-corrected chi connectivity index (χ0v) is 19.4. The van der Waals surface area contributed by atoms with Gasteiger partial charge in [0.1, 0.15) is 11.5 Å². The maximum Gasteiger partial charge on any atom is 0.317 e. The summed E-state index contributed by atoms with van der Waals surface area (Å²) in [6.45, 7) is 5.10. The molecule has 1 aliphatic heterocycles. The van der Waals surface area contributed by atoms with Gasteiger partial charge in [-0.25, -0.2) is 4.79 Å². The van der Waals surface area contributed by atoms with E-state index < -0.39 is 0 Å². The topological polar surface area (TPSA) is 50.8 Å². The van der Waals surface area contributed by atoms with Crippen molar-refractivity contribution in [3.63, 3.8) is 0 Å². The van der Waals surface area contributed by atoms with Crippen LogP contribution in [-0.2, 0) is 12.8 Å². The molecule has 0 radical (unpaired) electrons. The Balaban J connectivity index is 1.29. The molecule has 0 aromatic heterocycles. The molecule has 4 rings (SSSR count). The molecule has 1 unspecified atom stereocenters. The third-order valence-electron chi connectivity index (χ3n) is 6.98. The highest BCUT2D eigenvalue weighted by atomic mass is 16.5. The fourth-order valence-electron chi connectivity index (χ4n) is 5.25. The Bertz CT molecular complexity index is 906. The number of ether oxygens (including phenoxy) is 2. The van der Waals surface area contributed by atoms with E-state index in [2.05, 4.69) is 35.6 Å². The van der Waals surface area contributed by atoms with Crippen molar-refractivity contribution in [2.75, 3.05) is 33.4 Å². The number of nitrogens with one attached hydrogen (secondary N) is 1. The fraction of sp³-hybridized carbons (Fsp3) is 0.519. The number of benzene rings is 2. The molecular weight excluding hydrogens is 400 g/mol. The second-order valence-corrected chi connectivity index (χ2v) is 8.97.